The molecule has 1 aromatic carbocycles. The van der Waals surface area contributed by atoms with Gasteiger partial charge in [0.25, 0.3) is 0 Å². The summed E-state index contributed by atoms with van der Waals surface area (Å²) in [6.45, 7) is 5.44. The van der Waals surface area contributed by atoms with E-state index in [2.05, 4.69) is 22.5 Å². The fourth-order valence-corrected chi connectivity index (χ4v) is 3.73. The second kappa shape index (κ2) is 7.32. The normalized spacial score (nSPS) is 25.1. The summed E-state index contributed by atoms with van der Waals surface area (Å²) >= 11 is 0. The van der Waals surface area contributed by atoms with Crippen molar-refractivity contribution in [2.45, 2.75) is 50.8 Å². The molecule has 0 radical (unpaired) electrons. The summed E-state index contributed by atoms with van der Waals surface area (Å²) in [4.78, 5) is 14.7. The molecule has 2 atom stereocenters. The minimum Gasteiger partial charge on any atom is -0.390 e. The lowest BCUT2D eigenvalue weighted by Crippen LogP contribution is -2.49. The van der Waals surface area contributed by atoms with E-state index in [1.165, 1.54) is 6.42 Å². The van der Waals surface area contributed by atoms with Crippen LogP contribution in [0.25, 0.3) is 0 Å². The number of urea groups is 1. The van der Waals surface area contributed by atoms with Crippen LogP contribution in [-0.4, -0.2) is 47.8 Å². The molecule has 0 bridgehead atoms. The summed E-state index contributed by atoms with van der Waals surface area (Å²) in [5.74, 6) is 0. The molecule has 0 aromatic heterocycles. The highest BCUT2D eigenvalue weighted by Crippen LogP contribution is 2.31. The molecule has 2 amide bonds. The van der Waals surface area contributed by atoms with Crippen LogP contribution in [0, 0.1) is 0 Å². The monoisotopic (exact) mass is 317 g/mol. The molecule has 1 fully saturated rings. The van der Waals surface area contributed by atoms with E-state index in [4.69, 9.17) is 0 Å². The van der Waals surface area contributed by atoms with Gasteiger partial charge in [0.1, 0.15) is 0 Å². The maximum Gasteiger partial charge on any atom is 0.315 e. The summed E-state index contributed by atoms with van der Waals surface area (Å²) in [6, 6.07) is 7.69. The molecule has 2 unspecified atom stereocenters. The molecule has 2 aliphatic rings. The fourth-order valence-electron chi connectivity index (χ4n) is 3.73. The Hall–Kier alpha value is -1.59. The zero-order valence-electron chi connectivity index (χ0n) is 13.8. The van der Waals surface area contributed by atoms with Crippen LogP contribution in [0.15, 0.2) is 24.3 Å². The van der Waals surface area contributed by atoms with E-state index >= 15 is 0 Å². The van der Waals surface area contributed by atoms with Crippen molar-refractivity contribution >= 4 is 6.03 Å². The standard InChI is InChI=1S/C18H27N3O2/c1-2-9-21-10-7-14(8-11-21)19-18(23)20-17-15-6-4-3-5-13(15)12-16(17)22/h3-6,14,16-17,22H,2,7-12H2,1H3,(H2,19,20,23). The fraction of sp³-hybridized carbons (Fsp3) is 0.611. The molecular formula is C18H27N3O2. The molecule has 1 heterocycles. The van der Waals surface area contributed by atoms with Gasteiger partial charge >= 0.3 is 6.03 Å². The molecule has 0 saturated carbocycles. The molecule has 1 saturated heterocycles. The third kappa shape index (κ3) is 3.85. The quantitative estimate of drug-likeness (QED) is 0.794. The third-order valence-electron chi connectivity index (χ3n) is 4.95. The number of aliphatic hydroxyl groups excluding tert-OH is 1. The Morgan fingerprint density at radius 1 is 1.26 bits per heavy atom. The average Bonchev–Trinajstić information content (AvgIpc) is 2.85. The van der Waals surface area contributed by atoms with Gasteiger partial charge in [0.05, 0.1) is 12.1 Å². The predicted molar refractivity (Wildman–Crippen MR) is 90.3 cm³/mol. The Bertz CT molecular complexity index is 541. The average molecular weight is 317 g/mol. The summed E-state index contributed by atoms with van der Waals surface area (Å²) in [5, 5.41) is 16.2. The van der Waals surface area contributed by atoms with Gasteiger partial charge in [0.15, 0.2) is 0 Å². The first-order valence-corrected chi connectivity index (χ1v) is 8.72. The third-order valence-corrected chi connectivity index (χ3v) is 4.95. The Morgan fingerprint density at radius 3 is 2.74 bits per heavy atom. The van der Waals surface area contributed by atoms with Crippen molar-refractivity contribution in [1.29, 1.82) is 0 Å². The summed E-state index contributed by atoms with van der Waals surface area (Å²) in [6.07, 6.45) is 3.24. The molecule has 0 spiro atoms. The van der Waals surface area contributed by atoms with Gasteiger partial charge in [0, 0.05) is 25.6 Å². The summed E-state index contributed by atoms with van der Waals surface area (Å²) < 4.78 is 0. The van der Waals surface area contributed by atoms with Crippen molar-refractivity contribution in [2.24, 2.45) is 0 Å². The lowest BCUT2D eigenvalue weighted by atomic mass is 10.0. The lowest BCUT2D eigenvalue weighted by molar-refractivity contribution is 0.140. The van der Waals surface area contributed by atoms with Crippen LogP contribution >= 0.6 is 0 Å². The maximum absolute atomic E-state index is 12.3. The molecule has 3 N–H and O–H groups in total. The smallest absolute Gasteiger partial charge is 0.315 e. The number of hydrogen-bond donors (Lipinski definition) is 3. The second-order valence-corrected chi connectivity index (χ2v) is 6.68. The van der Waals surface area contributed by atoms with E-state index in [1.807, 2.05) is 24.3 Å². The van der Waals surface area contributed by atoms with Crippen LogP contribution in [0.4, 0.5) is 4.79 Å². The van der Waals surface area contributed by atoms with E-state index in [0.29, 0.717) is 6.42 Å². The van der Waals surface area contributed by atoms with E-state index in [1.54, 1.807) is 0 Å². The number of carbonyl (C=O) groups is 1. The highest BCUT2D eigenvalue weighted by atomic mass is 16.3. The number of nitrogens with one attached hydrogen (secondary N) is 2. The van der Waals surface area contributed by atoms with E-state index < -0.39 is 6.10 Å². The number of rotatable bonds is 4. The van der Waals surface area contributed by atoms with Crippen molar-refractivity contribution in [3.63, 3.8) is 0 Å². The number of nitrogens with zero attached hydrogens (tertiary/aromatic N) is 1. The topological polar surface area (TPSA) is 64.6 Å². The summed E-state index contributed by atoms with van der Waals surface area (Å²) in [5.41, 5.74) is 2.16. The molecule has 3 rings (SSSR count). The molecule has 1 aromatic rings. The molecular weight excluding hydrogens is 290 g/mol. The number of amides is 2. The number of piperidine rings is 1. The SMILES string of the molecule is CCCN1CCC(NC(=O)NC2c3ccccc3CC2O)CC1. The Kier molecular flexibility index (Phi) is 5.18. The van der Waals surface area contributed by atoms with Gasteiger partial charge in [0.2, 0.25) is 0 Å². The van der Waals surface area contributed by atoms with Gasteiger partial charge in [-0.25, -0.2) is 4.79 Å². The largest absolute Gasteiger partial charge is 0.390 e. The van der Waals surface area contributed by atoms with Gasteiger partial charge < -0.3 is 20.6 Å². The maximum atomic E-state index is 12.3. The van der Waals surface area contributed by atoms with E-state index in [-0.39, 0.29) is 18.1 Å². The van der Waals surface area contributed by atoms with Crippen LogP contribution in [0.2, 0.25) is 0 Å². The number of fused-ring (bicyclic) bond motifs is 1. The van der Waals surface area contributed by atoms with Crippen molar-refractivity contribution in [1.82, 2.24) is 15.5 Å². The van der Waals surface area contributed by atoms with Crippen LogP contribution in [0.5, 0.6) is 0 Å². The Balaban J connectivity index is 1.51. The minimum absolute atomic E-state index is 0.167. The van der Waals surface area contributed by atoms with Gasteiger partial charge in [-0.3, -0.25) is 0 Å². The van der Waals surface area contributed by atoms with Crippen LogP contribution in [-0.2, 0) is 6.42 Å². The summed E-state index contributed by atoms with van der Waals surface area (Å²) in [7, 11) is 0. The molecule has 5 heteroatoms. The zero-order chi connectivity index (χ0) is 16.2. The van der Waals surface area contributed by atoms with Crippen molar-refractivity contribution in [3.05, 3.63) is 35.4 Å². The van der Waals surface area contributed by atoms with Gasteiger partial charge in [-0.1, -0.05) is 31.2 Å². The van der Waals surface area contributed by atoms with Crippen molar-refractivity contribution in [2.75, 3.05) is 19.6 Å². The van der Waals surface area contributed by atoms with E-state index in [0.717, 1.165) is 43.6 Å². The van der Waals surface area contributed by atoms with Crippen LogP contribution < -0.4 is 10.6 Å². The van der Waals surface area contributed by atoms with Gasteiger partial charge in [-0.2, -0.15) is 0 Å². The number of carbonyl (C=O) groups excluding carboxylic acids is 1. The molecule has 23 heavy (non-hydrogen) atoms. The first-order chi connectivity index (χ1) is 11.2. The van der Waals surface area contributed by atoms with Gasteiger partial charge in [-0.15, -0.1) is 0 Å². The first-order valence-electron chi connectivity index (χ1n) is 8.72. The highest BCUT2D eigenvalue weighted by Gasteiger charge is 2.32. The van der Waals surface area contributed by atoms with E-state index in [9.17, 15) is 9.90 Å². The number of likely N-dealkylation sites (tertiary alicyclic amines) is 1. The minimum atomic E-state index is -0.537. The number of aliphatic hydroxyl groups is 1. The molecule has 5 nitrogen and oxygen atoms in total. The predicted octanol–water partition coefficient (Wildman–Crippen LogP) is 1.82. The van der Waals surface area contributed by atoms with Gasteiger partial charge in [-0.05, 0) is 36.9 Å². The molecule has 126 valence electrons. The second-order valence-electron chi connectivity index (χ2n) is 6.68. The van der Waals surface area contributed by atoms with Crippen LogP contribution in [0.3, 0.4) is 0 Å². The number of benzene rings is 1. The Morgan fingerprint density at radius 2 is 2.00 bits per heavy atom. The number of hydrogen-bond acceptors (Lipinski definition) is 3. The molecule has 1 aliphatic carbocycles. The van der Waals surface area contributed by atoms with Crippen LogP contribution in [0.1, 0.15) is 43.4 Å². The Labute approximate surface area is 138 Å². The lowest BCUT2D eigenvalue weighted by Gasteiger charge is -2.32. The highest BCUT2D eigenvalue weighted by molar-refractivity contribution is 5.75. The zero-order valence-corrected chi connectivity index (χ0v) is 13.8. The van der Waals surface area contributed by atoms with Crippen molar-refractivity contribution in [3.8, 4) is 0 Å². The van der Waals surface area contributed by atoms with Crippen molar-refractivity contribution < 1.29 is 9.90 Å². The molecule has 1 aliphatic heterocycles. The first kappa shape index (κ1) is 16.3.